The van der Waals surface area contributed by atoms with Crippen molar-refractivity contribution in [2.45, 2.75) is 78.6 Å². The molecule has 1 aliphatic rings. The van der Waals surface area contributed by atoms with E-state index >= 15 is 0 Å². The molecule has 1 saturated heterocycles. The summed E-state index contributed by atoms with van der Waals surface area (Å²) in [5, 5.41) is 15.3. The number of likely N-dealkylation sites (tertiary alicyclic amines) is 1. The molecule has 0 radical (unpaired) electrons. The van der Waals surface area contributed by atoms with Crippen LogP contribution in [0.25, 0.3) is 0 Å². The fourth-order valence-electron chi connectivity index (χ4n) is 5.96. The largest absolute Gasteiger partial charge is 0.363 e. The average molecular weight is 581 g/mol. The number of pyridine rings is 1. The van der Waals surface area contributed by atoms with Crippen LogP contribution in [0.1, 0.15) is 83.3 Å². The highest BCUT2D eigenvalue weighted by Crippen LogP contribution is 2.27. The van der Waals surface area contributed by atoms with Crippen LogP contribution in [0.4, 0.5) is 5.69 Å². The van der Waals surface area contributed by atoms with Crippen molar-refractivity contribution in [3.05, 3.63) is 94.3 Å². The summed E-state index contributed by atoms with van der Waals surface area (Å²) < 4.78 is 0. The third-order valence-corrected chi connectivity index (χ3v) is 8.19. The van der Waals surface area contributed by atoms with Crippen molar-refractivity contribution >= 4 is 17.5 Å². The van der Waals surface area contributed by atoms with Gasteiger partial charge < -0.3 is 20.4 Å². The zero-order chi connectivity index (χ0) is 30.9. The third-order valence-electron chi connectivity index (χ3n) is 8.19. The van der Waals surface area contributed by atoms with Crippen LogP contribution < -0.4 is 15.5 Å². The van der Waals surface area contributed by atoms with E-state index in [0.717, 1.165) is 49.2 Å². The SMILES string of the molecule is Cc1cc(C(=O)NC(C)C)cc(C)c1C(=O)NCC[C@@H](C)N1CCC(N(Cc2cccc(C#N)n2)c2ccccc2)CC1. The van der Waals surface area contributed by atoms with Gasteiger partial charge in [-0.3, -0.25) is 9.59 Å². The summed E-state index contributed by atoms with van der Waals surface area (Å²) in [4.78, 5) is 35.0. The summed E-state index contributed by atoms with van der Waals surface area (Å²) in [6.07, 6.45) is 2.91. The number of piperidine rings is 1. The number of aryl methyl sites for hydroxylation is 2. The van der Waals surface area contributed by atoms with E-state index in [4.69, 9.17) is 0 Å². The highest BCUT2D eigenvalue weighted by atomic mass is 16.2. The van der Waals surface area contributed by atoms with E-state index in [1.807, 2.05) is 45.9 Å². The Kier molecular flexibility index (Phi) is 10.9. The fourth-order valence-corrected chi connectivity index (χ4v) is 5.96. The van der Waals surface area contributed by atoms with E-state index < -0.39 is 0 Å². The van der Waals surface area contributed by atoms with Crippen LogP contribution in [0.5, 0.6) is 0 Å². The molecule has 0 unspecified atom stereocenters. The first-order valence-corrected chi connectivity index (χ1v) is 15.3. The van der Waals surface area contributed by atoms with Crippen molar-refractivity contribution in [1.82, 2.24) is 20.5 Å². The van der Waals surface area contributed by atoms with Gasteiger partial charge in [0, 0.05) is 54.6 Å². The number of nitriles is 1. The summed E-state index contributed by atoms with van der Waals surface area (Å²) >= 11 is 0. The molecule has 4 rings (SSSR count). The molecule has 1 aromatic heterocycles. The quantitative estimate of drug-likeness (QED) is 0.316. The lowest BCUT2D eigenvalue weighted by Crippen LogP contribution is -2.48. The second-order valence-corrected chi connectivity index (χ2v) is 11.9. The van der Waals surface area contributed by atoms with Gasteiger partial charge in [-0.2, -0.15) is 5.26 Å². The van der Waals surface area contributed by atoms with E-state index in [1.54, 1.807) is 18.2 Å². The Labute approximate surface area is 256 Å². The van der Waals surface area contributed by atoms with Crippen LogP contribution in [0.2, 0.25) is 0 Å². The van der Waals surface area contributed by atoms with Crippen molar-refractivity contribution in [1.29, 1.82) is 5.26 Å². The van der Waals surface area contributed by atoms with Gasteiger partial charge in [0.1, 0.15) is 11.8 Å². The second kappa shape index (κ2) is 14.8. The number of benzene rings is 2. The van der Waals surface area contributed by atoms with Crippen LogP contribution >= 0.6 is 0 Å². The van der Waals surface area contributed by atoms with Gasteiger partial charge in [0.2, 0.25) is 0 Å². The van der Waals surface area contributed by atoms with E-state index in [0.29, 0.717) is 42.0 Å². The van der Waals surface area contributed by atoms with Gasteiger partial charge in [-0.1, -0.05) is 24.3 Å². The summed E-state index contributed by atoms with van der Waals surface area (Å²) in [5.74, 6) is -0.216. The highest BCUT2D eigenvalue weighted by molar-refractivity contribution is 6.00. The van der Waals surface area contributed by atoms with Gasteiger partial charge in [-0.05, 0) is 101 Å². The number of aromatic nitrogens is 1. The van der Waals surface area contributed by atoms with Gasteiger partial charge in [-0.15, -0.1) is 0 Å². The first-order valence-electron chi connectivity index (χ1n) is 15.3. The Hall–Kier alpha value is -4.22. The summed E-state index contributed by atoms with van der Waals surface area (Å²) in [7, 11) is 0. The topological polar surface area (TPSA) is 101 Å². The number of carbonyl (C=O) groups is 2. The molecule has 226 valence electrons. The molecule has 3 aromatic rings. The Morgan fingerprint density at radius 1 is 1.00 bits per heavy atom. The summed E-state index contributed by atoms with van der Waals surface area (Å²) in [5.41, 5.74) is 5.34. The number of amides is 2. The zero-order valence-electron chi connectivity index (χ0n) is 26.1. The molecule has 1 fully saturated rings. The Bertz CT molecular complexity index is 1420. The number of hydrogen-bond donors (Lipinski definition) is 2. The summed E-state index contributed by atoms with van der Waals surface area (Å²) in [6, 6.07) is 22.6. The fraction of sp³-hybridized carbons (Fsp3) is 0.429. The van der Waals surface area contributed by atoms with E-state index in [2.05, 4.69) is 62.7 Å². The number of para-hydroxylation sites is 1. The number of hydrogen-bond acceptors (Lipinski definition) is 6. The van der Waals surface area contributed by atoms with Crippen molar-refractivity contribution in [3.63, 3.8) is 0 Å². The van der Waals surface area contributed by atoms with Crippen molar-refractivity contribution in [2.24, 2.45) is 0 Å². The Morgan fingerprint density at radius 3 is 2.30 bits per heavy atom. The lowest BCUT2D eigenvalue weighted by molar-refractivity contribution is 0.0930. The minimum atomic E-state index is -0.123. The number of anilines is 1. The second-order valence-electron chi connectivity index (χ2n) is 11.9. The highest BCUT2D eigenvalue weighted by Gasteiger charge is 2.27. The van der Waals surface area contributed by atoms with Crippen LogP contribution in [0, 0.1) is 25.2 Å². The molecule has 2 amide bonds. The van der Waals surface area contributed by atoms with Crippen LogP contribution in [0.3, 0.4) is 0 Å². The maximum atomic E-state index is 13.1. The molecule has 1 aliphatic heterocycles. The molecule has 2 heterocycles. The number of nitrogens with one attached hydrogen (secondary N) is 2. The minimum absolute atomic E-state index is 0.0527. The van der Waals surface area contributed by atoms with Gasteiger partial charge in [0.15, 0.2) is 0 Å². The van der Waals surface area contributed by atoms with E-state index in [1.165, 1.54) is 5.69 Å². The third kappa shape index (κ3) is 8.42. The maximum absolute atomic E-state index is 13.1. The standard InChI is InChI=1S/C35H44N6O2/c1-24(2)38-34(42)28-20-25(3)33(26(4)21-28)35(43)37-17-14-27(5)40-18-15-32(16-19-40)41(31-12-7-6-8-13-31)23-30-11-9-10-29(22-36)39-30/h6-13,20-21,24,27,32H,14-19,23H2,1-5H3,(H,37,43)(H,38,42)/t27-/m1/s1. The van der Waals surface area contributed by atoms with Gasteiger partial charge >= 0.3 is 0 Å². The molecule has 0 bridgehead atoms. The number of nitrogens with zero attached hydrogens (tertiary/aromatic N) is 4. The Balaban J connectivity index is 1.31. The molecule has 2 aromatic carbocycles. The number of carbonyl (C=O) groups excluding carboxylic acids is 2. The molecule has 1 atom stereocenters. The van der Waals surface area contributed by atoms with Crippen LogP contribution in [-0.4, -0.2) is 59.5 Å². The van der Waals surface area contributed by atoms with Gasteiger partial charge in [-0.25, -0.2) is 4.98 Å². The van der Waals surface area contributed by atoms with Crippen LogP contribution in [-0.2, 0) is 6.54 Å². The smallest absolute Gasteiger partial charge is 0.251 e. The van der Waals surface area contributed by atoms with Gasteiger partial charge in [0.25, 0.3) is 11.8 Å². The van der Waals surface area contributed by atoms with E-state index in [9.17, 15) is 14.9 Å². The molecular formula is C35H44N6O2. The minimum Gasteiger partial charge on any atom is -0.363 e. The molecule has 43 heavy (non-hydrogen) atoms. The maximum Gasteiger partial charge on any atom is 0.251 e. The molecule has 2 N–H and O–H groups in total. The van der Waals surface area contributed by atoms with Crippen LogP contribution in [0.15, 0.2) is 60.7 Å². The van der Waals surface area contributed by atoms with Crippen molar-refractivity contribution in [3.8, 4) is 6.07 Å². The molecule has 8 heteroatoms. The predicted molar refractivity (Wildman–Crippen MR) is 171 cm³/mol. The van der Waals surface area contributed by atoms with Crippen molar-refractivity contribution < 1.29 is 9.59 Å². The lowest BCUT2D eigenvalue weighted by Gasteiger charge is -2.41. The lowest BCUT2D eigenvalue weighted by atomic mass is 9.98. The molecule has 0 aliphatic carbocycles. The predicted octanol–water partition coefficient (Wildman–Crippen LogP) is 5.39. The molecule has 0 spiro atoms. The Morgan fingerprint density at radius 2 is 1.67 bits per heavy atom. The first-order chi connectivity index (χ1) is 20.7. The average Bonchev–Trinajstić information content (AvgIpc) is 2.99. The summed E-state index contributed by atoms with van der Waals surface area (Å²) in [6.45, 7) is 13.1. The van der Waals surface area contributed by atoms with E-state index in [-0.39, 0.29) is 17.9 Å². The molecular weight excluding hydrogens is 536 g/mol. The normalized spacial score (nSPS) is 14.6. The molecule has 8 nitrogen and oxygen atoms in total. The molecule has 0 saturated carbocycles. The van der Waals surface area contributed by atoms with Gasteiger partial charge in [0.05, 0.1) is 12.2 Å². The zero-order valence-corrected chi connectivity index (χ0v) is 26.1. The monoisotopic (exact) mass is 580 g/mol. The van der Waals surface area contributed by atoms with Crippen molar-refractivity contribution in [2.75, 3.05) is 24.5 Å². The number of rotatable bonds is 11. The first kappa shape index (κ1) is 31.7.